The predicted molar refractivity (Wildman–Crippen MR) is 136 cm³/mol. The Labute approximate surface area is 205 Å². The number of ether oxygens (including phenoxy) is 1. The topological polar surface area (TPSA) is 79.0 Å². The molecule has 7 nitrogen and oxygen atoms in total. The number of carbonyl (C=O) groups is 1. The molecule has 34 heavy (non-hydrogen) atoms. The summed E-state index contributed by atoms with van der Waals surface area (Å²) in [5.74, 6) is -0.269. The van der Waals surface area contributed by atoms with Gasteiger partial charge in [-0.05, 0) is 66.2 Å². The van der Waals surface area contributed by atoms with Crippen LogP contribution in [0.3, 0.4) is 0 Å². The number of sulfonamides is 1. The van der Waals surface area contributed by atoms with E-state index in [1.807, 2.05) is 24.3 Å². The molecule has 0 spiro atoms. The molecular formula is C25H26ClN3O4S. The maximum atomic E-state index is 12.7. The van der Waals surface area contributed by atoms with Gasteiger partial charge < -0.3 is 15.0 Å². The van der Waals surface area contributed by atoms with Crippen LogP contribution >= 0.6 is 11.6 Å². The van der Waals surface area contributed by atoms with Crippen molar-refractivity contribution in [3.8, 4) is 0 Å². The minimum Gasteiger partial charge on any atom is -0.378 e. The van der Waals surface area contributed by atoms with Gasteiger partial charge in [0.25, 0.3) is 5.91 Å². The van der Waals surface area contributed by atoms with E-state index in [0.29, 0.717) is 35.2 Å². The third-order valence-electron chi connectivity index (χ3n) is 5.56. The van der Waals surface area contributed by atoms with Crippen molar-refractivity contribution in [1.29, 1.82) is 0 Å². The van der Waals surface area contributed by atoms with Gasteiger partial charge in [0.05, 0.1) is 31.7 Å². The average Bonchev–Trinajstić information content (AvgIpc) is 2.84. The maximum Gasteiger partial charge on any atom is 0.255 e. The summed E-state index contributed by atoms with van der Waals surface area (Å²) in [4.78, 5) is 15.0. The fourth-order valence-corrected chi connectivity index (χ4v) is 4.73. The lowest BCUT2D eigenvalue weighted by Gasteiger charge is -2.28. The van der Waals surface area contributed by atoms with E-state index in [1.165, 1.54) is 4.31 Å². The number of hydrogen-bond acceptors (Lipinski definition) is 5. The summed E-state index contributed by atoms with van der Waals surface area (Å²) in [7, 11) is -3.53. The van der Waals surface area contributed by atoms with Crippen LogP contribution < -0.4 is 14.5 Å². The smallest absolute Gasteiger partial charge is 0.255 e. The van der Waals surface area contributed by atoms with Crippen LogP contribution in [0.15, 0.2) is 72.8 Å². The van der Waals surface area contributed by atoms with E-state index in [0.717, 1.165) is 30.6 Å². The highest BCUT2D eigenvalue weighted by Gasteiger charge is 2.19. The standard InChI is InChI=1S/C25H26ClN3O4S/c1-34(31,32)29(18-19-2-6-21(26)7-3-19)24-10-4-20(5-11-24)25(30)27-22-8-12-23(13-9-22)28-14-16-33-17-15-28/h2-13H,14-18H2,1H3,(H,27,30). The molecule has 1 aliphatic heterocycles. The first-order valence-electron chi connectivity index (χ1n) is 10.9. The minimum absolute atomic E-state index is 0.164. The number of nitrogens with zero attached hydrogens (tertiary/aromatic N) is 2. The lowest BCUT2D eigenvalue weighted by Crippen LogP contribution is -2.36. The Morgan fingerprint density at radius 3 is 2.18 bits per heavy atom. The van der Waals surface area contributed by atoms with Gasteiger partial charge in [-0.15, -0.1) is 0 Å². The van der Waals surface area contributed by atoms with Crippen LogP contribution in [0.5, 0.6) is 0 Å². The molecule has 0 unspecified atom stereocenters. The summed E-state index contributed by atoms with van der Waals surface area (Å²) in [5.41, 5.74) is 3.49. The molecule has 0 bridgehead atoms. The predicted octanol–water partition coefficient (Wildman–Crippen LogP) is 4.40. The first-order chi connectivity index (χ1) is 16.3. The minimum atomic E-state index is -3.53. The van der Waals surface area contributed by atoms with Gasteiger partial charge in [0.1, 0.15) is 0 Å². The highest BCUT2D eigenvalue weighted by atomic mass is 35.5. The van der Waals surface area contributed by atoms with Gasteiger partial charge in [-0.1, -0.05) is 23.7 Å². The third kappa shape index (κ3) is 6.08. The number of carbonyl (C=O) groups excluding carboxylic acids is 1. The quantitative estimate of drug-likeness (QED) is 0.521. The zero-order valence-electron chi connectivity index (χ0n) is 18.8. The van der Waals surface area contributed by atoms with E-state index < -0.39 is 10.0 Å². The molecule has 1 aliphatic rings. The number of amides is 1. The number of anilines is 3. The van der Waals surface area contributed by atoms with Crippen molar-refractivity contribution in [2.75, 3.05) is 47.1 Å². The average molecular weight is 500 g/mol. The highest BCUT2D eigenvalue weighted by Crippen LogP contribution is 2.23. The number of halogens is 1. The van der Waals surface area contributed by atoms with Crippen LogP contribution in [0.2, 0.25) is 5.02 Å². The monoisotopic (exact) mass is 499 g/mol. The molecule has 0 aliphatic carbocycles. The van der Waals surface area contributed by atoms with Crippen molar-refractivity contribution in [3.05, 3.63) is 88.9 Å². The van der Waals surface area contributed by atoms with Crippen molar-refractivity contribution in [1.82, 2.24) is 0 Å². The van der Waals surface area contributed by atoms with Crippen molar-refractivity contribution in [2.45, 2.75) is 6.54 Å². The van der Waals surface area contributed by atoms with Crippen LogP contribution in [0.4, 0.5) is 17.1 Å². The fraction of sp³-hybridized carbons (Fsp3) is 0.240. The highest BCUT2D eigenvalue weighted by molar-refractivity contribution is 7.92. The number of benzene rings is 3. The molecule has 178 valence electrons. The number of hydrogen-bond donors (Lipinski definition) is 1. The molecule has 3 aromatic carbocycles. The summed E-state index contributed by atoms with van der Waals surface area (Å²) < 4.78 is 31.5. The lowest BCUT2D eigenvalue weighted by atomic mass is 10.1. The molecule has 1 N–H and O–H groups in total. The molecule has 0 aromatic heterocycles. The van der Waals surface area contributed by atoms with Gasteiger partial charge in [0, 0.05) is 35.1 Å². The van der Waals surface area contributed by atoms with E-state index in [9.17, 15) is 13.2 Å². The van der Waals surface area contributed by atoms with Crippen molar-refractivity contribution in [2.24, 2.45) is 0 Å². The maximum absolute atomic E-state index is 12.7. The summed E-state index contributed by atoms with van der Waals surface area (Å²) in [5, 5.41) is 3.47. The van der Waals surface area contributed by atoms with Gasteiger partial charge in [-0.3, -0.25) is 9.10 Å². The van der Waals surface area contributed by atoms with Crippen molar-refractivity contribution in [3.63, 3.8) is 0 Å². The largest absolute Gasteiger partial charge is 0.378 e. The molecule has 1 heterocycles. The van der Waals surface area contributed by atoms with Crippen molar-refractivity contribution >= 4 is 44.6 Å². The molecule has 0 radical (unpaired) electrons. The second kappa shape index (κ2) is 10.5. The normalized spacial score (nSPS) is 14.0. The van der Waals surface area contributed by atoms with Gasteiger partial charge in [-0.25, -0.2) is 8.42 Å². The van der Waals surface area contributed by atoms with Gasteiger partial charge in [0.2, 0.25) is 10.0 Å². The number of rotatable bonds is 7. The molecule has 1 fully saturated rings. The Morgan fingerprint density at radius 2 is 1.59 bits per heavy atom. The molecular weight excluding hydrogens is 474 g/mol. The van der Waals surface area contributed by atoms with Crippen LogP contribution in [0.1, 0.15) is 15.9 Å². The van der Waals surface area contributed by atoms with Crippen LogP contribution in [-0.4, -0.2) is 46.9 Å². The first kappa shape index (κ1) is 24.1. The summed E-state index contributed by atoms with van der Waals surface area (Å²) >= 11 is 5.93. The Morgan fingerprint density at radius 1 is 0.971 bits per heavy atom. The van der Waals surface area contributed by atoms with E-state index in [1.54, 1.807) is 48.5 Å². The lowest BCUT2D eigenvalue weighted by molar-refractivity contribution is 0.102. The second-order valence-corrected chi connectivity index (χ2v) is 10.4. The summed E-state index contributed by atoms with van der Waals surface area (Å²) in [6.07, 6.45) is 1.16. The summed E-state index contributed by atoms with van der Waals surface area (Å²) in [6.45, 7) is 3.29. The fourth-order valence-electron chi connectivity index (χ4n) is 3.72. The Balaban J connectivity index is 1.44. The molecule has 0 atom stereocenters. The molecule has 1 amide bonds. The third-order valence-corrected chi connectivity index (χ3v) is 6.95. The van der Waals surface area contributed by atoms with Crippen LogP contribution in [0, 0.1) is 0 Å². The molecule has 9 heteroatoms. The SMILES string of the molecule is CS(=O)(=O)N(Cc1ccc(Cl)cc1)c1ccc(C(=O)Nc2ccc(N3CCOCC3)cc2)cc1. The zero-order valence-corrected chi connectivity index (χ0v) is 20.3. The molecule has 0 saturated carbocycles. The van der Waals surface area contributed by atoms with Gasteiger partial charge >= 0.3 is 0 Å². The van der Waals surface area contributed by atoms with Gasteiger partial charge in [-0.2, -0.15) is 0 Å². The number of nitrogens with one attached hydrogen (secondary N) is 1. The number of morpholine rings is 1. The molecule has 3 aromatic rings. The van der Waals surface area contributed by atoms with E-state index in [2.05, 4.69) is 10.2 Å². The Kier molecular flexibility index (Phi) is 7.41. The van der Waals surface area contributed by atoms with Crippen LogP contribution in [0.25, 0.3) is 0 Å². The van der Waals surface area contributed by atoms with Crippen LogP contribution in [-0.2, 0) is 21.3 Å². The first-order valence-corrected chi connectivity index (χ1v) is 13.1. The van der Waals surface area contributed by atoms with E-state index in [4.69, 9.17) is 16.3 Å². The second-order valence-electron chi connectivity index (χ2n) is 8.04. The Hall–Kier alpha value is -3.07. The van der Waals surface area contributed by atoms with E-state index in [-0.39, 0.29) is 12.5 Å². The zero-order chi connectivity index (χ0) is 24.1. The van der Waals surface area contributed by atoms with Gasteiger partial charge in [0.15, 0.2) is 0 Å². The Bertz CT molecular complexity index is 1220. The van der Waals surface area contributed by atoms with E-state index >= 15 is 0 Å². The summed E-state index contributed by atoms with van der Waals surface area (Å²) in [6, 6.07) is 21.2. The van der Waals surface area contributed by atoms with Crippen molar-refractivity contribution < 1.29 is 17.9 Å². The molecule has 1 saturated heterocycles. The molecule has 4 rings (SSSR count).